The van der Waals surface area contributed by atoms with Gasteiger partial charge in [0.1, 0.15) is 0 Å². The molecule has 13 heavy (non-hydrogen) atoms. The lowest BCUT2D eigenvalue weighted by Gasteiger charge is -2.11. The Morgan fingerprint density at radius 1 is 1.54 bits per heavy atom. The number of nitrogens with zero attached hydrogens (tertiary/aromatic N) is 1. The molecule has 1 heterocycles. The highest BCUT2D eigenvalue weighted by molar-refractivity contribution is 7.80. The Balaban J connectivity index is 3.26. The van der Waals surface area contributed by atoms with E-state index in [1.807, 2.05) is 0 Å². The minimum atomic E-state index is -0.523. The van der Waals surface area contributed by atoms with Crippen molar-refractivity contribution in [1.82, 2.24) is 14.8 Å². The highest BCUT2D eigenvalue weighted by Crippen LogP contribution is 2.04. The summed E-state index contributed by atoms with van der Waals surface area (Å²) in [6, 6.07) is -0.516. The van der Waals surface area contributed by atoms with Gasteiger partial charge in [0.25, 0.3) is 0 Å². The lowest BCUT2D eigenvalue weighted by Crippen LogP contribution is -2.37. The van der Waals surface area contributed by atoms with Crippen molar-refractivity contribution in [2.24, 2.45) is 5.73 Å². The molecule has 4 N–H and O–H groups in total. The molecule has 0 aliphatic heterocycles. The minimum Gasteiger partial charge on any atom is -0.392 e. The zero-order valence-electron chi connectivity index (χ0n) is 7.03. The largest absolute Gasteiger partial charge is 0.392 e. The predicted octanol–water partition coefficient (Wildman–Crippen LogP) is -0.898. The monoisotopic (exact) mass is 202 g/mol. The van der Waals surface area contributed by atoms with Crippen LogP contribution < -0.4 is 17.1 Å². The van der Waals surface area contributed by atoms with Gasteiger partial charge in [-0.25, -0.2) is 24.4 Å². The average Bonchev–Trinajstić information content (AvgIpc) is 2.36. The second-order valence-electron chi connectivity index (χ2n) is 2.56. The molecule has 0 spiro atoms. The first kappa shape index (κ1) is 9.72. The molecule has 0 aliphatic rings. The fraction of sp³-hybridized carbons (Fsp3) is 0.500. The van der Waals surface area contributed by atoms with Crippen LogP contribution in [-0.4, -0.2) is 19.8 Å². The molecular formula is C6H10N4O2S. The molecule has 1 unspecified atom stereocenters. The maximum atomic E-state index is 11.1. The highest BCUT2D eigenvalue weighted by atomic mass is 32.1. The summed E-state index contributed by atoms with van der Waals surface area (Å²) in [7, 11) is 0. The van der Waals surface area contributed by atoms with Crippen molar-refractivity contribution in [3.63, 3.8) is 0 Å². The summed E-state index contributed by atoms with van der Waals surface area (Å²) in [5.41, 5.74) is 4.33. The first-order valence-electron chi connectivity index (χ1n) is 3.76. The lowest BCUT2D eigenvalue weighted by atomic mass is 10.2. The molecule has 72 valence electrons. The van der Waals surface area contributed by atoms with Crippen LogP contribution in [0, 0.1) is 0 Å². The van der Waals surface area contributed by atoms with Crippen LogP contribution in [0.2, 0.25) is 0 Å². The van der Waals surface area contributed by atoms with E-state index < -0.39 is 17.4 Å². The van der Waals surface area contributed by atoms with Gasteiger partial charge in [0.05, 0.1) is 11.0 Å². The van der Waals surface area contributed by atoms with Crippen LogP contribution >= 0.6 is 12.2 Å². The zero-order valence-corrected chi connectivity index (χ0v) is 7.85. The molecule has 0 saturated heterocycles. The first-order chi connectivity index (χ1) is 6.07. The molecular weight excluding hydrogens is 192 g/mol. The van der Waals surface area contributed by atoms with E-state index in [1.54, 1.807) is 6.92 Å². The first-order valence-corrected chi connectivity index (χ1v) is 4.17. The number of nitrogens with one attached hydrogen (secondary N) is 2. The van der Waals surface area contributed by atoms with E-state index in [1.165, 1.54) is 0 Å². The number of thiocarbonyl (C=S) groups is 1. The van der Waals surface area contributed by atoms with E-state index in [0.717, 1.165) is 4.57 Å². The third kappa shape index (κ3) is 1.69. The van der Waals surface area contributed by atoms with Gasteiger partial charge < -0.3 is 5.73 Å². The summed E-state index contributed by atoms with van der Waals surface area (Å²) < 4.78 is 0.975. The van der Waals surface area contributed by atoms with Gasteiger partial charge >= 0.3 is 11.4 Å². The molecule has 0 aromatic carbocycles. The minimum absolute atomic E-state index is 0.134. The number of aromatic amines is 2. The van der Waals surface area contributed by atoms with Crippen LogP contribution in [0.15, 0.2) is 9.59 Å². The number of rotatable bonds is 3. The zero-order chi connectivity index (χ0) is 10.0. The molecule has 0 saturated carbocycles. The van der Waals surface area contributed by atoms with Crippen LogP contribution in [-0.2, 0) is 0 Å². The summed E-state index contributed by atoms with van der Waals surface area (Å²) in [6.45, 7) is 1.79. The molecule has 0 radical (unpaired) electrons. The van der Waals surface area contributed by atoms with E-state index in [9.17, 15) is 9.59 Å². The molecule has 7 heteroatoms. The normalized spacial score (nSPS) is 12.7. The van der Waals surface area contributed by atoms with E-state index in [0.29, 0.717) is 6.42 Å². The maximum absolute atomic E-state index is 11.1. The van der Waals surface area contributed by atoms with Gasteiger partial charge in [0, 0.05) is 0 Å². The van der Waals surface area contributed by atoms with Gasteiger partial charge in [-0.15, -0.1) is 0 Å². The summed E-state index contributed by atoms with van der Waals surface area (Å²) in [4.78, 5) is 22.3. The average molecular weight is 202 g/mol. The molecule has 6 nitrogen and oxygen atoms in total. The Labute approximate surface area is 78.7 Å². The summed E-state index contributed by atoms with van der Waals surface area (Å²) in [5.74, 6) is 0. The maximum Gasteiger partial charge on any atom is 0.344 e. The molecule has 1 atom stereocenters. The van der Waals surface area contributed by atoms with Crippen LogP contribution in [0.1, 0.15) is 19.4 Å². The quantitative estimate of drug-likeness (QED) is 0.553. The number of hydrogen-bond acceptors (Lipinski definition) is 3. The standard InChI is InChI=1S/C6H10N4O2S/c1-2-3(4(7)13)10-5(11)8-9-6(10)12/h3H,2H2,1H3,(H2,7,13)(H,8,11)(H,9,12). The van der Waals surface area contributed by atoms with Gasteiger partial charge in [-0.3, -0.25) is 0 Å². The third-order valence-corrected chi connectivity index (χ3v) is 2.01. The Hall–Kier alpha value is -1.37. The van der Waals surface area contributed by atoms with Crippen molar-refractivity contribution in [2.75, 3.05) is 0 Å². The smallest absolute Gasteiger partial charge is 0.344 e. The fourth-order valence-electron chi connectivity index (χ4n) is 1.11. The van der Waals surface area contributed by atoms with Crippen LogP contribution in [0.3, 0.4) is 0 Å². The number of H-pyrrole nitrogens is 2. The van der Waals surface area contributed by atoms with Crippen molar-refractivity contribution < 1.29 is 0 Å². The summed E-state index contributed by atoms with van der Waals surface area (Å²) in [5, 5.41) is 4.32. The van der Waals surface area contributed by atoms with E-state index in [4.69, 9.17) is 18.0 Å². The molecule has 0 bridgehead atoms. The second kappa shape index (κ2) is 3.56. The van der Waals surface area contributed by atoms with E-state index in [2.05, 4.69) is 10.2 Å². The van der Waals surface area contributed by atoms with Crippen molar-refractivity contribution in [3.8, 4) is 0 Å². The number of hydrogen-bond donors (Lipinski definition) is 3. The Morgan fingerprint density at radius 3 is 2.31 bits per heavy atom. The van der Waals surface area contributed by atoms with Crippen molar-refractivity contribution >= 4 is 17.2 Å². The van der Waals surface area contributed by atoms with Gasteiger partial charge in [0.2, 0.25) is 0 Å². The lowest BCUT2D eigenvalue weighted by molar-refractivity contribution is 0.583. The number of nitrogens with two attached hydrogens (primary N) is 1. The Kier molecular flexibility index (Phi) is 2.66. The topological polar surface area (TPSA) is 96.7 Å². The van der Waals surface area contributed by atoms with Crippen molar-refractivity contribution in [3.05, 3.63) is 21.0 Å². The highest BCUT2D eigenvalue weighted by Gasteiger charge is 2.16. The molecule has 1 aromatic rings. The molecule has 0 fully saturated rings. The fourth-order valence-corrected chi connectivity index (χ4v) is 1.39. The van der Waals surface area contributed by atoms with Crippen molar-refractivity contribution in [1.29, 1.82) is 0 Å². The van der Waals surface area contributed by atoms with Gasteiger partial charge in [0.15, 0.2) is 0 Å². The molecule has 1 rings (SSSR count). The Bertz CT molecular complexity index is 387. The van der Waals surface area contributed by atoms with Gasteiger partial charge in [-0.05, 0) is 6.42 Å². The van der Waals surface area contributed by atoms with Gasteiger partial charge in [-0.2, -0.15) is 0 Å². The summed E-state index contributed by atoms with van der Waals surface area (Å²) >= 11 is 4.73. The van der Waals surface area contributed by atoms with E-state index >= 15 is 0 Å². The summed E-state index contributed by atoms with van der Waals surface area (Å²) in [6.07, 6.45) is 0.510. The molecule has 0 aliphatic carbocycles. The predicted molar refractivity (Wildman–Crippen MR) is 51.8 cm³/mol. The Morgan fingerprint density at radius 2 is 2.00 bits per heavy atom. The second-order valence-corrected chi connectivity index (χ2v) is 3.03. The van der Waals surface area contributed by atoms with Crippen LogP contribution in [0.5, 0.6) is 0 Å². The van der Waals surface area contributed by atoms with Crippen LogP contribution in [0.25, 0.3) is 0 Å². The SMILES string of the molecule is CCC(C(N)=S)n1c(=O)[nH][nH]c1=O. The van der Waals surface area contributed by atoms with E-state index in [-0.39, 0.29) is 4.99 Å². The third-order valence-electron chi connectivity index (χ3n) is 1.74. The van der Waals surface area contributed by atoms with Gasteiger partial charge in [-0.1, -0.05) is 19.1 Å². The molecule has 0 amide bonds. The number of aromatic nitrogens is 3. The van der Waals surface area contributed by atoms with Crippen molar-refractivity contribution in [2.45, 2.75) is 19.4 Å². The van der Waals surface area contributed by atoms with Crippen LogP contribution in [0.4, 0.5) is 0 Å². The molecule has 1 aromatic heterocycles.